The smallest absolute Gasteiger partial charge is 0.352 e. The second-order valence-corrected chi connectivity index (χ2v) is 6.48. The molecule has 0 fully saturated rings. The van der Waals surface area contributed by atoms with Crippen LogP contribution in [0, 0.1) is 0 Å². The van der Waals surface area contributed by atoms with Gasteiger partial charge < -0.3 is 9.67 Å². The largest absolute Gasteiger partial charge is 0.477 e. The van der Waals surface area contributed by atoms with Gasteiger partial charge in [0.05, 0.1) is 0 Å². The number of nitrogens with zero attached hydrogens (tertiary/aromatic N) is 2. The number of carboxylic acid groups (broad SMARTS) is 1. The Morgan fingerprint density at radius 1 is 1.45 bits per heavy atom. The molecule has 1 aromatic rings. The SMILES string of the molecule is C=C(C)CN(CC)S(=O)(=O)c1cc(C(=O)O)n(CC)c1. The summed E-state index contributed by atoms with van der Waals surface area (Å²) in [5, 5.41) is 9.07. The third kappa shape index (κ3) is 3.29. The summed E-state index contributed by atoms with van der Waals surface area (Å²) < 4.78 is 27.6. The van der Waals surface area contributed by atoms with Crippen molar-refractivity contribution in [1.29, 1.82) is 0 Å². The molecule has 0 unspecified atom stereocenters. The molecule has 0 aliphatic carbocycles. The molecule has 0 amide bonds. The topological polar surface area (TPSA) is 79.6 Å². The molecule has 7 heteroatoms. The van der Waals surface area contributed by atoms with E-state index in [-0.39, 0.29) is 17.1 Å². The van der Waals surface area contributed by atoms with Crippen molar-refractivity contribution >= 4 is 16.0 Å². The Bertz CT molecular complexity index is 616. The fraction of sp³-hybridized carbons (Fsp3) is 0.462. The Hall–Kier alpha value is -1.60. The number of aromatic carboxylic acids is 1. The summed E-state index contributed by atoms with van der Waals surface area (Å²) in [6.45, 7) is 9.86. The van der Waals surface area contributed by atoms with Crippen molar-refractivity contribution in [2.45, 2.75) is 32.2 Å². The molecule has 6 nitrogen and oxygen atoms in total. The van der Waals surface area contributed by atoms with Crippen molar-refractivity contribution in [3.8, 4) is 0 Å². The fourth-order valence-corrected chi connectivity index (χ4v) is 3.43. The molecule has 1 N–H and O–H groups in total. The number of rotatable bonds is 7. The van der Waals surface area contributed by atoms with Crippen molar-refractivity contribution < 1.29 is 18.3 Å². The molecule has 20 heavy (non-hydrogen) atoms. The first-order chi connectivity index (χ1) is 9.23. The molecule has 1 aromatic heterocycles. The van der Waals surface area contributed by atoms with Crippen molar-refractivity contribution in [2.24, 2.45) is 0 Å². The Morgan fingerprint density at radius 2 is 2.05 bits per heavy atom. The molecule has 0 atom stereocenters. The highest BCUT2D eigenvalue weighted by molar-refractivity contribution is 7.89. The highest BCUT2D eigenvalue weighted by atomic mass is 32.2. The van der Waals surface area contributed by atoms with Crippen LogP contribution in [0.2, 0.25) is 0 Å². The minimum atomic E-state index is -3.70. The zero-order valence-corrected chi connectivity index (χ0v) is 12.8. The number of likely N-dealkylation sites (N-methyl/N-ethyl adjacent to an activating group) is 1. The molecule has 0 radical (unpaired) electrons. The molecule has 0 spiro atoms. The van der Waals surface area contributed by atoms with Gasteiger partial charge in [0.1, 0.15) is 10.6 Å². The maximum atomic E-state index is 12.5. The molecule has 1 rings (SSSR count). The van der Waals surface area contributed by atoms with E-state index in [1.807, 2.05) is 0 Å². The summed E-state index contributed by atoms with van der Waals surface area (Å²) in [7, 11) is -3.70. The van der Waals surface area contributed by atoms with Crippen LogP contribution in [0.4, 0.5) is 0 Å². The first kappa shape index (κ1) is 16.5. The van der Waals surface area contributed by atoms with Crippen LogP contribution in [0.3, 0.4) is 0 Å². The fourth-order valence-electron chi connectivity index (χ4n) is 1.88. The molecule has 0 bridgehead atoms. The van der Waals surface area contributed by atoms with Crippen molar-refractivity contribution in [3.05, 3.63) is 30.1 Å². The van der Waals surface area contributed by atoms with Gasteiger partial charge in [0, 0.05) is 25.8 Å². The van der Waals surface area contributed by atoms with Gasteiger partial charge in [-0.05, 0) is 19.9 Å². The number of carbonyl (C=O) groups is 1. The predicted octanol–water partition coefficient (Wildman–Crippen LogP) is 1.79. The van der Waals surface area contributed by atoms with Gasteiger partial charge in [-0.15, -0.1) is 0 Å². The quantitative estimate of drug-likeness (QED) is 0.779. The van der Waals surface area contributed by atoms with Crippen LogP contribution in [0.1, 0.15) is 31.3 Å². The van der Waals surface area contributed by atoms with Gasteiger partial charge in [0.2, 0.25) is 10.0 Å². The zero-order valence-electron chi connectivity index (χ0n) is 12.0. The highest BCUT2D eigenvalue weighted by Crippen LogP contribution is 2.20. The molecule has 0 saturated heterocycles. The van der Waals surface area contributed by atoms with Crippen molar-refractivity contribution in [1.82, 2.24) is 8.87 Å². The van der Waals surface area contributed by atoms with Crippen molar-refractivity contribution in [2.75, 3.05) is 13.1 Å². The normalized spacial score (nSPS) is 11.8. The first-order valence-corrected chi connectivity index (χ1v) is 7.76. The number of hydrogen-bond donors (Lipinski definition) is 1. The summed E-state index contributed by atoms with van der Waals surface area (Å²) >= 11 is 0. The Morgan fingerprint density at radius 3 is 2.40 bits per heavy atom. The standard InChI is InChI=1S/C13H20N2O4S/c1-5-14-9-11(7-12(14)13(16)17)20(18,19)15(6-2)8-10(3)4/h7,9H,3,5-6,8H2,1-2,4H3,(H,16,17). The van der Waals surface area contributed by atoms with Crippen LogP contribution in [-0.2, 0) is 16.6 Å². The summed E-state index contributed by atoms with van der Waals surface area (Å²) in [6, 6.07) is 1.20. The molecular formula is C13H20N2O4S. The molecular weight excluding hydrogens is 280 g/mol. The molecule has 1 heterocycles. The third-order valence-corrected chi connectivity index (χ3v) is 4.75. The number of hydrogen-bond acceptors (Lipinski definition) is 3. The monoisotopic (exact) mass is 300 g/mol. The van der Waals surface area contributed by atoms with E-state index in [0.29, 0.717) is 13.1 Å². The lowest BCUT2D eigenvalue weighted by atomic mass is 10.3. The third-order valence-electron chi connectivity index (χ3n) is 2.87. The van der Waals surface area contributed by atoms with Gasteiger partial charge in [0.15, 0.2) is 0 Å². The Balaban J connectivity index is 3.27. The summed E-state index contributed by atoms with van der Waals surface area (Å²) in [5.74, 6) is -1.14. The second-order valence-electron chi connectivity index (χ2n) is 4.54. The molecule has 0 aliphatic rings. The lowest BCUT2D eigenvalue weighted by Crippen LogP contribution is -2.32. The number of carboxylic acids is 1. The minimum absolute atomic E-state index is 0.000139. The van der Waals surface area contributed by atoms with E-state index in [0.717, 1.165) is 5.57 Å². The summed E-state index contributed by atoms with van der Waals surface area (Å²) in [4.78, 5) is 11.1. The van der Waals surface area contributed by atoms with Crippen LogP contribution in [-0.4, -0.2) is 41.5 Å². The lowest BCUT2D eigenvalue weighted by Gasteiger charge is -2.19. The van der Waals surface area contributed by atoms with Gasteiger partial charge in [-0.25, -0.2) is 13.2 Å². The van der Waals surface area contributed by atoms with E-state index in [1.165, 1.54) is 21.1 Å². The van der Waals surface area contributed by atoms with E-state index >= 15 is 0 Å². The van der Waals surface area contributed by atoms with Crippen LogP contribution < -0.4 is 0 Å². The van der Waals surface area contributed by atoms with E-state index < -0.39 is 16.0 Å². The molecule has 0 saturated carbocycles. The maximum Gasteiger partial charge on any atom is 0.352 e. The van der Waals surface area contributed by atoms with E-state index in [4.69, 9.17) is 5.11 Å². The summed E-state index contributed by atoms with van der Waals surface area (Å²) in [5.41, 5.74) is 0.696. The van der Waals surface area contributed by atoms with Crippen molar-refractivity contribution in [3.63, 3.8) is 0 Å². The van der Waals surface area contributed by atoms with Crippen LogP contribution in [0.5, 0.6) is 0 Å². The average Bonchev–Trinajstić information content (AvgIpc) is 2.80. The van der Waals surface area contributed by atoms with Gasteiger partial charge in [0.25, 0.3) is 0 Å². The molecule has 0 aromatic carbocycles. The van der Waals surface area contributed by atoms with Crippen LogP contribution in [0.15, 0.2) is 29.3 Å². The maximum absolute atomic E-state index is 12.5. The Kier molecular flexibility index (Phi) is 5.13. The van der Waals surface area contributed by atoms with Gasteiger partial charge in [-0.2, -0.15) is 4.31 Å². The number of sulfonamides is 1. The predicted molar refractivity (Wildman–Crippen MR) is 76.3 cm³/mol. The second kappa shape index (κ2) is 6.23. The van der Waals surface area contributed by atoms with Gasteiger partial charge >= 0.3 is 5.97 Å². The van der Waals surface area contributed by atoms with Gasteiger partial charge in [-0.3, -0.25) is 0 Å². The summed E-state index contributed by atoms with van der Waals surface area (Å²) in [6.07, 6.45) is 1.36. The van der Waals surface area contributed by atoms with Crippen LogP contribution in [0.25, 0.3) is 0 Å². The number of aryl methyl sites for hydroxylation is 1. The zero-order chi connectivity index (χ0) is 15.5. The van der Waals surface area contributed by atoms with Crippen LogP contribution >= 0.6 is 0 Å². The first-order valence-electron chi connectivity index (χ1n) is 6.32. The van der Waals surface area contributed by atoms with E-state index in [2.05, 4.69) is 6.58 Å². The van der Waals surface area contributed by atoms with Gasteiger partial charge in [-0.1, -0.05) is 19.1 Å². The average molecular weight is 300 g/mol. The molecule has 0 aliphatic heterocycles. The lowest BCUT2D eigenvalue weighted by molar-refractivity contribution is 0.0685. The van der Waals surface area contributed by atoms with E-state index in [1.54, 1.807) is 20.8 Å². The number of aromatic nitrogens is 1. The molecule has 112 valence electrons. The Labute approximate surface area is 119 Å². The highest BCUT2D eigenvalue weighted by Gasteiger charge is 2.26. The van der Waals surface area contributed by atoms with E-state index in [9.17, 15) is 13.2 Å². The minimum Gasteiger partial charge on any atom is -0.477 e.